The van der Waals surface area contributed by atoms with Crippen LogP contribution in [0.25, 0.3) is 11.1 Å². The lowest BCUT2D eigenvalue weighted by Gasteiger charge is -2.26. The van der Waals surface area contributed by atoms with Gasteiger partial charge >= 0.3 is 0 Å². The average molecular weight is 396 g/mol. The van der Waals surface area contributed by atoms with Gasteiger partial charge in [0.2, 0.25) is 0 Å². The Morgan fingerprint density at radius 3 is 2.14 bits per heavy atom. The van der Waals surface area contributed by atoms with Gasteiger partial charge < -0.3 is 16.4 Å². The highest BCUT2D eigenvalue weighted by atomic mass is 16.5. The van der Waals surface area contributed by atoms with Crippen molar-refractivity contribution in [3.8, 4) is 11.1 Å². The Balaban J connectivity index is 1.61. The van der Waals surface area contributed by atoms with Crippen LogP contribution in [-0.4, -0.2) is 35.1 Å². The van der Waals surface area contributed by atoms with E-state index >= 15 is 0 Å². The Hall–Kier alpha value is -2.74. The number of hydroxylamine groups is 1. The first-order valence-corrected chi connectivity index (χ1v) is 9.91. The van der Waals surface area contributed by atoms with Gasteiger partial charge in [0.15, 0.2) is 0 Å². The maximum atomic E-state index is 12.4. The summed E-state index contributed by atoms with van der Waals surface area (Å²) in [6.45, 7) is 2.46. The van der Waals surface area contributed by atoms with E-state index in [2.05, 4.69) is 34.9 Å². The number of rotatable bonds is 8. The maximum Gasteiger partial charge on any atom is 0.267 e. The zero-order valence-electron chi connectivity index (χ0n) is 16.5. The average Bonchev–Trinajstić information content (AvgIpc) is 2.70. The van der Waals surface area contributed by atoms with E-state index in [0.29, 0.717) is 11.6 Å². The number of carbonyl (C=O) groups excluding carboxylic acids is 2. The molecule has 0 aromatic heterocycles. The van der Waals surface area contributed by atoms with E-state index in [1.165, 1.54) is 30.3 Å². The topological polar surface area (TPSA) is 116 Å². The minimum atomic E-state index is -1.02. The number of carbonyl (C=O) groups is 2. The standard InChI is InChI=1S/C22H28N4O3/c1-14(23)20(22(28)26-29)25-21(27)18-11-9-17(10-12-18)16-7-5-15(6-8-16)13-24-19-3-2-4-19/h5-12,14,19-20,24,29H,2-4,13,23H2,1H3,(H,25,27)(H,26,28)/t14-,20+/m1/s1. The molecule has 0 saturated heterocycles. The Morgan fingerprint density at radius 2 is 1.66 bits per heavy atom. The van der Waals surface area contributed by atoms with Gasteiger partial charge in [0.05, 0.1) is 0 Å². The van der Waals surface area contributed by atoms with Crippen molar-refractivity contribution in [2.45, 2.75) is 50.9 Å². The molecule has 1 aliphatic rings. The molecule has 0 heterocycles. The normalized spacial score (nSPS) is 15.8. The molecule has 7 heteroatoms. The van der Waals surface area contributed by atoms with Gasteiger partial charge in [-0.3, -0.25) is 14.8 Å². The summed E-state index contributed by atoms with van der Waals surface area (Å²) in [6, 6.07) is 14.5. The molecule has 2 amide bonds. The van der Waals surface area contributed by atoms with Gasteiger partial charge in [-0.25, -0.2) is 5.48 Å². The smallest absolute Gasteiger partial charge is 0.267 e. The summed E-state index contributed by atoms with van der Waals surface area (Å²) >= 11 is 0. The molecule has 0 unspecified atom stereocenters. The minimum absolute atomic E-state index is 0.409. The highest BCUT2D eigenvalue weighted by Crippen LogP contribution is 2.22. The van der Waals surface area contributed by atoms with Crippen LogP contribution in [0.5, 0.6) is 0 Å². The van der Waals surface area contributed by atoms with Gasteiger partial charge in [-0.15, -0.1) is 0 Å². The Bertz CT molecular complexity index is 830. The van der Waals surface area contributed by atoms with Crippen LogP contribution < -0.4 is 21.8 Å². The third-order valence-corrected chi connectivity index (χ3v) is 5.34. The van der Waals surface area contributed by atoms with E-state index < -0.39 is 23.9 Å². The fraction of sp³-hybridized carbons (Fsp3) is 0.364. The van der Waals surface area contributed by atoms with Crippen molar-refractivity contribution in [2.75, 3.05) is 0 Å². The number of benzene rings is 2. The largest absolute Gasteiger partial charge is 0.339 e. The number of nitrogens with one attached hydrogen (secondary N) is 3. The maximum absolute atomic E-state index is 12.4. The zero-order valence-corrected chi connectivity index (χ0v) is 16.5. The molecule has 1 aliphatic carbocycles. The molecule has 1 fully saturated rings. The van der Waals surface area contributed by atoms with Crippen LogP contribution in [0.4, 0.5) is 0 Å². The van der Waals surface area contributed by atoms with Gasteiger partial charge in [-0.2, -0.15) is 0 Å². The van der Waals surface area contributed by atoms with E-state index in [4.69, 9.17) is 10.9 Å². The Kier molecular flexibility index (Phi) is 6.98. The van der Waals surface area contributed by atoms with Crippen LogP contribution in [0.1, 0.15) is 42.1 Å². The molecule has 2 atom stereocenters. The van der Waals surface area contributed by atoms with E-state index in [9.17, 15) is 9.59 Å². The summed E-state index contributed by atoms with van der Waals surface area (Å²) in [5.74, 6) is -1.18. The van der Waals surface area contributed by atoms with Crippen LogP contribution in [0.3, 0.4) is 0 Å². The second-order valence-electron chi connectivity index (χ2n) is 7.57. The first-order valence-electron chi connectivity index (χ1n) is 9.91. The Morgan fingerprint density at radius 1 is 1.07 bits per heavy atom. The molecule has 3 rings (SSSR count). The van der Waals surface area contributed by atoms with Crippen molar-refractivity contribution in [1.29, 1.82) is 0 Å². The first-order chi connectivity index (χ1) is 14.0. The fourth-order valence-electron chi connectivity index (χ4n) is 3.23. The predicted octanol–water partition coefficient (Wildman–Crippen LogP) is 1.95. The summed E-state index contributed by atoms with van der Waals surface area (Å²) in [5, 5.41) is 14.9. The van der Waals surface area contributed by atoms with Crippen molar-refractivity contribution in [1.82, 2.24) is 16.1 Å². The lowest BCUT2D eigenvalue weighted by atomic mass is 9.93. The third-order valence-electron chi connectivity index (χ3n) is 5.34. The highest BCUT2D eigenvalue weighted by Gasteiger charge is 2.24. The van der Waals surface area contributed by atoms with Crippen molar-refractivity contribution in [3.05, 3.63) is 59.7 Å². The molecule has 0 radical (unpaired) electrons. The summed E-state index contributed by atoms with van der Waals surface area (Å²) in [7, 11) is 0. The van der Waals surface area contributed by atoms with Crippen molar-refractivity contribution in [2.24, 2.45) is 5.73 Å². The van der Waals surface area contributed by atoms with Crippen molar-refractivity contribution >= 4 is 11.8 Å². The van der Waals surface area contributed by atoms with Gasteiger partial charge in [-0.1, -0.05) is 42.8 Å². The number of amides is 2. The molecular formula is C22H28N4O3. The molecule has 2 aromatic rings. The molecule has 7 nitrogen and oxygen atoms in total. The van der Waals surface area contributed by atoms with Gasteiger partial charge in [0, 0.05) is 24.2 Å². The second kappa shape index (κ2) is 9.65. The van der Waals surface area contributed by atoms with Crippen molar-refractivity contribution < 1.29 is 14.8 Å². The van der Waals surface area contributed by atoms with Crippen LogP contribution in [0.2, 0.25) is 0 Å². The molecule has 29 heavy (non-hydrogen) atoms. The highest BCUT2D eigenvalue weighted by molar-refractivity contribution is 5.98. The molecule has 0 spiro atoms. The molecule has 6 N–H and O–H groups in total. The first kappa shape index (κ1) is 21.0. The quantitative estimate of drug-likeness (QED) is 0.345. The molecule has 2 aromatic carbocycles. The van der Waals surface area contributed by atoms with Crippen LogP contribution >= 0.6 is 0 Å². The summed E-state index contributed by atoms with van der Waals surface area (Å²) in [4.78, 5) is 24.0. The van der Waals surface area contributed by atoms with Crippen LogP contribution in [0, 0.1) is 0 Å². The van der Waals surface area contributed by atoms with Crippen molar-refractivity contribution in [3.63, 3.8) is 0 Å². The van der Waals surface area contributed by atoms with Gasteiger partial charge in [-0.05, 0) is 48.6 Å². The van der Waals surface area contributed by atoms with Gasteiger partial charge in [0.1, 0.15) is 6.04 Å². The molecule has 1 saturated carbocycles. The molecule has 0 bridgehead atoms. The van der Waals surface area contributed by atoms with Gasteiger partial charge in [0.25, 0.3) is 11.8 Å². The van der Waals surface area contributed by atoms with E-state index in [1.54, 1.807) is 19.1 Å². The molecule has 0 aliphatic heterocycles. The predicted molar refractivity (Wildman–Crippen MR) is 111 cm³/mol. The SMILES string of the molecule is C[C@@H](N)[C@H](NC(=O)c1ccc(-c2ccc(CNC3CCC3)cc2)cc1)C(=O)NO. The fourth-order valence-corrected chi connectivity index (χ4v) is 3.23. The van der Waals surface area contributed by atoms with Crippen LogP contribution in [-0.2, 0) is 11.3 Å². The summed E-state index contributed by atoms with van der Waals surface area (Å²) < 4.78 is 0. The molecule has 154 valence electrons. The summed E-state index contributed by atoms with van der Waals surface area (Å²) in [6.07, 6.45) is 3.87. The van der Waals surface area contributed by atoms with E-state index in [-0.39, 0.29) is 0 Å². The van der Waals surface area contributed by atoms with Crippen LogP contribution in [0.15, 0.2) is 48.5 Å². The minimum Gasteiger partial charge on any atom is -0.339 e. The van der Waals surface area contributed by atoms with E-state index in [0.717, 1.165) is 17.7 Å². The lowest BCUT2D eigenvalue weighted by molar-refractivity contribution is -0.131. The third kappa shape index (κ3) is 5.41. The van der Waals surface area contributed by atoms with E-state index in [1.807, 2.05) is 12.1 Å². The second-order valence-corrected chi connectivity index (χ2v) is 7.57. The summed E-state index contributed by atoms with van der Waals surface area (Å²) in [5.41, 5.74) is 11.0. The monoisotopic (exact) mass is 396 g/mol. The zero-order chi connectivity index (χ0) is 20.8. The number of hydrogen-bond donors (Lipinski definition) is 5. The number of nitrogens with two attached hydrogens (primary N) is 1. The Labute approximate surface area is 170 Å². The molecular weight excluding hydrogens is 368 g/mol. The number of hydrogen-bond acceptors (Lipinski definition) is 5. The lowest BCUT2D eigenvalue weighted by Crippen LogP contribution is -2.54.